The Morgan fingerprint density at radius 2 is 1.53 bits per heavy atom. The van der Waals surface area contributed by atoms with E-state index in [9.17, 15) is 30.3 Å². The fourth-order valence-electron chi connectivity index (χ4n) is 3.44. The lowest BCUT2D eigenvalue weighted by molar-refractivity contribution is -0.404. The Bertz CT molecular complexity index is 1150. The molecular formula is C21H26N6O7. The zero-order valence-corrected chi connectivity index (χ0v) is 19.1. The lowest BCUT2D eigenvalue weighted by Gasteiger charge is -2.18. The first-order valence-corrected chi connectivity index (χ1v) is 10.5. The van der Waals surface area contributed by atoms with Crippen molar-refractivity contribution in [2.75, 3.05) is 19.6 Å². The molecule has 0 radical (unpaired) electrons. The maximum Gasteiger partial charge on any atom is 0.324 e. The van der Waals surface area contributed by atoms with Crippen LogP contribution in [-0.4, -0.2) is 54.0 Å². The van der Waals surface area contributed by atoms with Gasteiger partial charge in [0, 0.05) is 6.54 Å². The van der Waals surface area contributed by atoms with E-state index in [0.29, 0.717) is 12.1 Å². The number of rotatable bonds is 9. The van der Waals surface area contributed by atoms with Crippen LogP contribution < -0.4 is 0 Å². The quantitative estimate of drug-likeness (QED) is 0.352. The van der Waals surface area contributed by atoms with Crippen LogP contribution in [0.1, 0.15) is 26.1 Å². The van der Waals surface area contributed by atoms with Crippen molar-refractivity contribution in [1.29, 1.82) is 0 Å². The summed E-state index contributed by atoms with van der Waals surface area (Å²) in [6, 6.07) is 9.28. The highest BCUT2D eigenvalue weighted by Crippen LogP contribution is 2.38. The highest BCUT2D eigenvalue weighted by atomic mass is 16.6. The summed E-state index contributed by atoms with van der Waals surface area (Å²) in [5.41, 5.74) is -0.634. The summed E-state index contributed by atoms with van der Waals surface area (Å²) in [5, 5.41) is 40.2. The molecule has 2 aromatic carbocycles. The Kier molecular flexibility index (Phi) is 8.95. The van der Waals surface area contributed by atoms with E-state index in [2.05, 4.69) is 59.5 Å². The second-order valence-electron chi connectivity index (χ2n) is 7.28. The normalized spacial score (nSPS) is 10.7. The second-order valence-corrected chi connectivity index (χ2v) is 7.28. The first kappa shape index (κ1) is 26.1. The molecule has 1 aromatic heterocycles. The van der Waals surface area contributed by atoms with Crippen molar-refractivity contribution in [2.45, 2.75) is 33.7 Å². The number of non-ortho nitro benzene ring substituents is 1. The van der Waals surface area contributed by atoms with Crippen molar-refractivity contribution in [3.05, 3.63) is 72.6 Å². The van der Waals surface area contributed by atoms with Crippen LogP contribution in [-0.2, 0) is 6.54 Å². The number of nitro benzene ring substituents is 3. The number of imidazole rings is 1. The predicted molar refractivity (Wildman–Crippen MR) is 125 cm³/mol. The average molecular weight is 474 g/mol. The Morgan fingerprint density at radius 1 is 0.971 bits per heavy atom. The highest BCUT2D eigenvalue weighted by molar-refractivity contribution is 5.75. The number of fused-ring (bicyclic) bond motifs is 1. The Labute approximate surface area is 194 Å². The van der Waals surface area contributed by atoms with E-state index in [1.54, 1.807) is 0 Å². The van der Waals surface area contributed by atoms with Gasteiger partial charge in [0.25, 0.3) is 11.4 Å². The topological polar surface area (TPSA) is 171 Å². The number of aryl methyl sites for hydroxylation is 2. The van der Waals surface area contributed by atoms with Crippen LogP contribution >= 0.6 is 0 Å². The van der Waals surface area contributed by atoms with Gasteiger partial charge in [-0.15, -0.1) is 0 Å². The van der Waals surface area contributed by atoms with Gasteiger partial charge >= 0.3 is 11.4 Å². The van der Waals surface area contributed by atoms with Crippen LogP contribution in [0.2, 0.25) is 0 Å². The first-order chi connectivity index (χ1) is 16.1. The van der Waals surface area contributed by atoms with Crippen molar-refractivity contribution in [1.82, 2.24) is 14.5 Å². The van der Waals surface area contributed by atoms with Gasteiger partial charge in [-0.05, 0) is 45.1 Å². The third kappa shape index (κ3) is 6.22. The highest BCUT2D eigenvalue weighted by Gasteiger charge is 2.30. The number of aromatic nitrogens is 2. The molecule has 1 N–H and O–H groups in total. The molecular weight excluding hydrogens is 448 g/mol. The molecule has 34 heavy (non-hydrogen) atoms. The van der Waals surface area contributed by atoms with Crippen LogP contribution in [0.15, 0.2) is 36.4 Å². The molecule has 1 heterocycles. The van der Waals surface area contributed by atoms with Crippen LogP contribution in [0.4, 0.5) is 17.1 Å². The van der Waals surface area contributed by atoms with Gasteiger partial charge in [-0.1, -0.05) is 26.0 Å². The van der Waals surface area contributed by atoms with Crippen molar-refractivity contribution >= 4 is 28.1 Å². The number of nitrogens with zero attached hydrogens (tertiary/aromatic N) is 6. The van der Waals surface area contributed by atoms with Crippen molar-refractivity contribution in [3.63, 3.8) is 0 Å². The number of para-hydroxylation sites is 2. The molecule has 0 aliphatic heterocycles. The first-order valence-electron chi connectivity index (χ1n) is 10.5. The van der Waals surface area contributed by atoms with Gasteiger partial charge in [0.1, 0.15) is 5.82 Å². The molecule has 3 rings (SSSR count). The van der Waals surface area contributed by atoms with Gasteiger partial charge in [0.15, 0.2) is 0 Å². The predicted octanol–water partition coefficient (Wildman–Crippen LogP) is 4.19. The van der Waals surface area contributed by atoms with Crippen molar-refractivity contribution in [3.8, 4) is 5.75 Å². The molecule has 13 nitrogen and oxygen atoms in total. The molecule has 0 saturated heterocycles. The van der Waals surface area contributed by atoms with Gasteiger partial charge in [-0.3, -0.25) is 30.3 Å². The van der Waals surface area contributed by atoms with Crippen molar-refractivity contribution < 1.29 is 19.9 Å². The molecule has 0 unspecified atom stereocenters. The van der Waals surface area contributed by atoms with Crippen LogP contribution in [0.5, 0.6) is 5.75 Å². The van der Waals surface area contributed by atoms with E-state index >= 15 is 0 Å². The molecule has 0 saturated carbocycles. The zero-order chi connectivity index (χ0) is 25.4. The van der Waals surface area contributed by atoms with Gasteiger partial charge < -0.3 is 14.6 Å². The molecule has 0 amide bonds. The van der Waals surface area contributed by atoms with E-state index in [0.717, 1.165) is 31.0 Å². The van der Waals surface area contributed by atoms with Gasteiger partial charge in [-0.2, -0.15) is 0 Å². The number of phenols is 1. The molecule has 0 spiro atoms. The molecule has 0 aliphatic carbocycles. The van der Waals surface area contributed by atoms with E-state index in [4.69, 9.17) is 5.11 Å². The summed E-state index contributed by atoms with van der Waals surface area (Å²) >= 11 is 0. The number of aromatic hydroxyl groups is 1. The number of hydrogen-bond acceptors (Lipinski definition) is 9. The Morgan fingerprint density at radius 3 is 2.03 bits per heavy atom. The summed E-state index contributed by atoms with van der Waals surface area (Å²) in [4.78, 5) is 34.8. The van der Waals surface area contributed by atoms with Gasteiger partial charge in [-0.25, -0.2) is 4.98 Å². The second kappa shape index (κ2) is 11.7. The number of nitro groups is 3. The summed E-state index contributed by atoms with van der Waals surface area (Å²) in [5.74, 6) is -0.0867. The SMILES string of the molecule is CCN(CC)CCCn1c(C)nc2ccccc21.O=[N+]([O-])c1cc([N+](=O)[O-])c(O)c([N+](=O)[O-])c1. The Balaban J connectivity index is 0.000000242. The lowest BCUT2D eigenvalue weighted by Crippen LogP contribution is -2.24. The van der Waals surface area contributed by atoms with Gasteiger partial charge in [0.05, 0.1) is 37.9 Å². The fourth-order valence-corrected chi connectivity index (χ4v) is 3.44. The minimum atomic E-state index is -1.21. The van der Waals surface area contributed by atoms with E-state index in [1.165, 1.54) is 18.5 Å². The minimum absolute atomic E-state index is 0.447. The third-order valence-electron chi connectivity index (χ3n) is 5.25. The molecule has 3 aromatic rings. The molecule has 0 fully saturated rings. The van der Waals surface area contributed by atoms with E-state index in [-0.39, 0.29) is 0 Å². The molecule has 13 heteroatoms. The molecule has 0 bridgehead atoms. The zero-order valence-electron chi connectivity index (χ0n) is 19.1. The molecule has 182 valence electrons. The maximum absolute atomic E-state index is 10.4. The van der Waals surface area contributed by atoms with E-state index in [1.807, 2.05) is 0 Å². The Hall–Kier alpha value is -4.13. The average Bonchev–Trinajstić information content (AvgIpc) is 3.11. The van der Waals surface area contributed by atoms with Crippen LogP contribution in [0.3, 0.4) is 0 Å². The largest absolute Gasteiger partial charge is 0.497 e. The van der Waals surface area contributed by atoms with Crippen molar-refractivity contribution in [2.24, 2.45) is 0 Å². The van der Waals surface area contributed by atoms with E-state index < -0.39 is 37.6 Å². The maximum atomic E-state index is 10.4. The lowest BCUT2D eigenvalue weighted by atomic mass is 10.2. The number of phenolic OH excluding ortho intramolecular Hbond substituents is 1. The molecule has 0 aliphatic rings. The standard InChI is InChI=1S/C15H23N3.C6H3N3O7/c1-4-17(5-2)11-8-12-18-13(3)16-14-9-6-7-10-15(14)18;10-6-4(8(13)14)1-3(7(11)12)2-5(6)9(15)16/h6-7,9-10H,4-5,8,11-12H2,1-3H3;1-2,10H. The summed E-state index contributed by atoms with van der Waals surface area (Å²) in [6.45, 7) is 11.0. The number of hydrogen-bond donors (Lipinski definition) is 1. The van der Waals surface area contributed by atoms with Crippen LogP contribution in [0, 0.1) is 37.3 Å². The summed E-state index contributed by atoms with van der Waals surface area (Å²) in [6.07, 6.45) is 1.18. The summed E-state index contributed by atoms with van der Waals surface area (Å²) in [7, 11) is 0. The third-order valence-corrected chi connectivity index (χ3v) is 5.25. The summed E-state index contributed by atoms with van der Waals surface area (Å²) < 4.78 is 2.33. The minimum Gasteiger partial charge on any atom is -0.497 e. The monoisotopic (exact) mass is 474 g/mol. The smallest absolute Gasteiger partial charge is 0.324 e. The van der Waals surface area contributed by atoms with Crippen LogP contribution in [0.25, 0.3) is 11.0 Å². The molecule has 0 atom stereocenters. The fraction of sp³-hybridized carbons (Fsp3) is 0.381. The number of benzene rings is 2. The van der Waals surface area contributed by atoms with Gasteiger partial charge in [0.2, 0.25) is 0 Å².